The normalized spacial score (nSPS) is 10.2. The van der Waals surface area contributed by atoms with Crippen LogP contribution in [-0.4, -0.2) is 0 Å². The predicted octanol–water partition coefficient (Wildman–Crippen LogP) is 2.87. The summed E-state index contributed by atoms with van der Waals surface area (Å²) in [4.78, 5) is 0. The van der Waals surface area contributed by atoms with Crippen molar-refractivity contribution in [3.63, 3.8) is 0 Å². The Morgan fingerprint density at radius 2 is 1.18 bits per heavy atom. The van der Waals surface area contributed by atoms with Crippen molar-refractivity contribution in [2.45, 2.75) is 0 Å². The molecule has 0 aromatic heterocycles. The lowest BCUT2D eigenvalue weighted by molar-refractivity contribution is 0.626. The Morgan fingerprint density at radius 1 is 0.765 bits per heavy atom. The van der Waals surface area contributed by atoms with Gasteiger partial charge in [-0.1, -0.05) is 0 Å². The molecule has 17 heavy (non-hydrogen) atoms. The summed E-state index contributed by atoms with van der Waals surface area (Å²) in [6.45, 7) is 0. The van der Waals surface area contributed by atoms with E-state index in [0.717, 1.165) is 12.1 Å². The van der Waals surface area contributed by atoms with Crippen LogP contribution in [0.5, 0.6) is 0 Å². The molecule has 0 atom stereocenters. The summed E-state index contributed by atoms with van der Waals surface area (Å²) in [6.07, 6.45) is 0. The maximum Gasteiger partial charge on any atom is 0.148 e. The van der Waals surface area contributed by atoms with Gasteiger partial charge in [-0.05, 0) is 36.4 Å². The molecule has 0 aliphatic rings. The summed E-state index contributed by atoms with van der Waals surface area (Å²) in [5.41, 5.74) is 11.8. The molecule has 88 valence electrons. The molecule has 0 aliphatic carbocycles. The maximum absolute atomic E-state index is 13.5. The smallest absolute Gasteiger partial charge is 0.148 e. The van der Waals surface area contributed by atoms with E-state index in [2.05, 4.69) is 5.32 Å². The fourth-order valence-corrected chi connectivity index (χ4v) is 1.41. The first-order valence-electron chi connectivity index (χ1n) is 4.93. The highest BCUT2D eigenvalue weighted by Gasteiger charge is 2.06. The van der Waals surface area contributed by atoms with Gasteiger partial charge < -0.3 is 16.8 Å². The minimum atomic E-state index is -0.541. The van der Waals surface area contributed by atoms with Crippen LogP contribution in [0.15, 0.2) is 36.4 Å². The van der Waals surface area contributed by atoms with Gasteiger partial charge in [0.1, 0.15) is 11.6 Å². The van der Waals surface area contributed by atoms with Crippen LogP contribution in [0.2, 0.25) is 0 Å². The van der Waals surface area contributed by atoms with E-state index in [4.69, 9.17) is 11.5 Å². The van der Waals surface area contributed by atoms with E-state index in [0.29, 0.717) is 11.4 Å². The molecule has 2 aromatic carbocycles. The summed E-state index contributed by atoms with van der Waals surface area (Å²) in [7, 11) is 0. The SMILES string of the molecule is Nc1ccc(Nc2ccc(N)cc2F)c(F)c1. The third-order valence-electron chi connectivity index (χ3n) is 2.26. The van der Waals surface area contributed by atoms with E-state index in [9.17, 15) is 8.78 Å². The molecule has 5 N–H and O–H groups in total. The van der Waals surface area contributed by atoms with Crippen molar-refractivity contribution in [1.82, 2.24) is 0 Å². The fourth-order valence-electron chi connectivity index (χ4n) is 1.41. The third kappa shape index (κ3) is 2.44. The first-order chi connectivity index (χ1) is 8.06. The zero-order valence-corrected chi connectivity index (χ0v) is 8.87. The molecular formula is C12H11F2N3. The molecule has 5 heteroatoms. The van der Waals surface area contributed by atoms with Crippen molar-refractivity contribution in [3.05, 3.63) is 48.0 Å². The number of halogens is 2. The van der Waals surface area contributed by atoms with Gasteiger partial charge in [0.15, 0.2) is 0 Å². The second kappa shape index (κ2) is 4.29. The van der Waals surface area contributed by atoms with Gasteiger partial charge in [0.05, 0.1) is 11.4 Å². The molecule has 0 unspecified atom stereocenters. The molecule has 0 aliphatic heterocycles. The maximum atomic E-state index is 13.5. The lowest BCUT2D eigenvalue weighted by Crippen LogP contribution is -1.98. The van der Waals surface area contributed by atoms with Gasteiger partial charge in [0.2, 0.25) is 0 Å². The van der Waals surface area contributed by atoms with E-state index in [1.54, 1.807) is 0 Å². The Labute approximate surface area is 97.0 Å². The Balaban J connectivity index is 2.31. The van der Waals surface area contributed by atoms with Gasteiger partial charge in [-0.3, -0.25) is 0 Å². The highest BCUT2D eigenvalue weighted by Crippen LogP contribution is 2.24. The minimum Gasteiger partial charge on any atom is -0.399 e. The lowest BCUT2D eigenvalue weighted by atomic mass is 10.2. The Morgan fingerprint density at radius 3 is 1.53 bits per heavy atom. The van der Waals surface area contributed by atoms with Crippen LogP contribution in [0.1, 0.15) is 0 Å². The number of nitrogens with one attached hydrogen (secondary N) is 1. The Kier molecular flexibility index (Phi) is 2.82. The molecule has 0 saturated heterocycles. The number of hydrogen-bond acceptors (Lipinski definition) is 3. The molecule has 3 nitrogen and oxygen atoms in total. The molecule has 0 bridgehead atoms. The van der Waals surface area contributed by atoms with Crippen molar-refractivity contribution in [2.24, 2.45) is 0 Å². The van der Waals surface area contributed by atoms with Gasteiger partial charge in [-0.2, -0.15) is 0 Å². The second-order valence-electron chi connectivity index (χ2n) is 3.60. The predicted molar refractivity (Wildman–Crippen MR) is 64.9 cm³/mol. The van der Waals surface area contributed by atoms with Crippen LogP contribution in [0, 0.1) is 11.6 Å². The van der Waals surface area contributed by atoms with Crippen LogP contribution in [-0.2, 0) is 0 Å². The zero-order chi connectivity index (χ0) is 12.4. The average molecular weight is 235 g/mol. The molecule has 0 spiro atoms. The quantitative estimate of drug-likeness (QED) is 0.701. The Hall–Kier alpha value is -2.30. The Bertz CT molecular complexity index is 506. The lowest BCUT2D eigenvalue weighted by Gasteiger charge is -2.09. The minimum absolute atomic E-state index is 0.155. The van der Waals surface area contributed by atoms with E-state index in [1.165, 1.54) is 24.3 Å². The molecular weight excluding hydrogens is 224 g/mol. The average Bonchev–Trinajstić information content (AvgIpc) is 2.25. The van der Waals surface area contributed by atoms with Crippen LogP contribution in [0.25, 0.3) is 0 Å². The highest BCUT2D eigenvalue weighted by atomic mass is 19.1. The molecule has 0 amide bonds. The standard InChI is InChI=1S/C12H11F2N3/c13-9-5-7(15)1-3-11(9)17-12-4-2-8(16)6-10(12)14/h1-6,17H,15-16H2. The number of rotatable bonds is 2. The van der Waals surface area contributed by atoms with Crippen molar-refractivity contribution in [2.75, 3.05) is 16.8 Å². The number of anilines is 4. The van der Waals surface area contributed by atoms with Crippen molar-refractivity contribution < 1.29 is 8.78 Å². The summed E-state index contributed by atoms with van der Waals surface area (Å²) in [6, 6.07) is 8.28. The van der Waals surface area contributed by atoms with E-state index < -0.39 is 11.6 Å². The fraction of sp³-hybridized carbons (Fsp3) is 0. The molecule has 0 heterocycles. The number of nitrogens with two attached hydrogens (primary N) is 2. The zero-order valence-electron chi connectivity index (χ0n) is 8.87. The van der Waals surface area contributed by atoms with Gasteiger partial charge in [-0.25, -0.2) is 8.78 Å². The largest absolute Gasteiger partial charge is 0.399 e. The summed E-state index contributed by atoms with van der Waals surface area (Å²) in [5.74, 6) is -1.08. The van der Waals surface area contributed by atoms with Crippen molar-refractivity contribution in [3.8, 4) is 0 Å². The van der Waals surface area contributed by atoms with Crippen LogP contribution in [0.3, 0.4) is 0 Å². The van der Waals surface area contributed by atoms with E-state index in [1.807, 2.05) is 0 Å². The number of hydrogen-bond donors (Lipinski definition) is 3. The summed E-state index contributed by atoms with van der Waals surface area (Å²) in [5, 5.41) is 2.63. The van der Waals surface area contributed by atoms with E-state index >= 15 is 0 Å². The van der Waals surface area contributed by atoms with Gasteiger partial charge in [0.25, 0.3) is 0 Å². The topological polar surface area (TPSA) is 64.1 Å². The molecule has 2 rings (SSSR count). The summed E-state index contributed by atoms with van der Waals surface area (Å²) < 4.78 is 26.9. The van der Waals surface area contributed by atoms with Gasteiger partial charge in [-0.15, -0.1) is 0 Å². The van der Waals surface area contributed by atoms with Crippen LogP contribution >= 0.6 is 0 Å². The molecule has 2 aromatic rings. The molecule has 0 radical (unpaired) electrons. The van der Waals surface area contributed by atoms with Crippen LogP contribution in [0.4, 0.5) is 31.5 Å². The first kappa shape index (κ1) is 11.2. The second-order valence-corrected chi connectivity index (χ2v) is 3.60. The van der Waals surface area contributed by atoms with Crippen molar-refractivity contribution >= 4 is 22.7 Å². The molecule has 0 saturated carbocycles. The van der Waals surface area contributed by atoms with Gasteiger partial charge >= 0.3 is 0 Å². The molecule has 0 fully saturated rings. The summed E-state index contributed by atoms with van der Waals surface area (Å²) >= 11 is 0. The number of nitrogen functional groups attached to an aromatic ring is 2. The van der Waals surface area contributed by atoms with Crippen molar-refractivity contribution in [1.29, 1.82) is 0 Å². The third-order valence-corrected chi connectivity index (χ3v) is 2.26. The van der Waals surface area contributed by atoms with Gasteiger partial charge in [0, 0.05) is 11.4 Å². The monoisotopic (exact) mass is 235 g/mol. The first-order valence-corrected chi connectivity index (χ1v) is 4.93. The number of benzene rings is 2. The highest BCUT2D eigenvalue weighted by molar-refractivity contribution is 5.64. The van der Waals surface area contributed by atoms with E-state index in [-0.39, 0.29) is 11.4 Å². The van der Waals surface area contributed by atoms with Crippen LogP contribution < -0.4 is 16.8 Å².